The van der Waals surface area contributed by atoms with Gasteiger partial charge in [-0.05, 0) is 30.7 Å². The van der Waals surface area contributed by atoms with E-state index in [0.29, 0.717) is 5.92 Å². The maximum absolute atomic E-state index is 12.5. The highest BCUT2D eigenvalue weighted by Gasteiger charge is 2.34. The summed E-state index contributed by atoms with van der Waals surface area (Å²) in [5, 5.41) is 21.0. The summed E-state index contributed by atoms with van der Waals surface area (Å²) < 4.78 is 0. The first-order valence-electron chi connectivity index (χ1n) is 6.81. The number of carbonyl (C=O) groups is 1. The molecule has 1 aromatic heterocycles. The third kappa shape index (κ3) is 2.30. The van der Waals surface area contributed by atoms with Crippen molar-refractivity contribution in [3.8, 4) is 0 Å². The molecule has 1 saturated heterocycles. The second kappa shape index (κ2) is 4.89. The van der Waals surface area contributed by atoms with E-state index in [-0.39, 0.29) is 19.0 Å². The maximum atomic E-state index is 12.5. The average Bonchev–Trinajstić information content (AvgIpc) is 2.93. The number of aliphatic hydroxyl groups excluding tert-OH is 2. The Bertz CT molecular complexity index is 489. The Morgan fingerprint density at radius 2 is 2.05 bits per heavy atom. The molecule has 1 aromatic rings. The van der Waals surface area contributed by atoms with Crippen molar-refractivity contribution in [3.63, 3.8) is 0 Å². The Kier molecular flexibility index (Phi) is 3.37. The highest BCUT2D eigenvalue weighted by atomic mass is 32.1. The summed E-state index contributed by atoms with van der Waals surface area (Å²) in [5.74, 6) is 0.659. The van der Waals surface area contributed by atoms with Gasteiger partial charge in [-0.15, -0.1) is 11.3 Å². The van der Waals surface area contributed by atoms with E-state index < -0.39 is 12.2 Å². The molecule has 104 valence electrons. The summed E-state index contributed by atoms with van der Waals surface area (Å²) >= 11 is 1.67. The van der Waals surface area contributed by atoms with Crippen LogP contribution in [0.2, 0.25) is 0 Å². The zero-order chi connectivity index (χ0) is 13.6. The second-order valence-electron chi connectivity index (χ2n) is 5.74. The fourth-order valence-corrected chi connectivity index (χ4v) is 4.20. The molecule has 4 nitrogen and oxygen atoms in total. The van der Waals surface area contributed by atoms with E-state index >= 15 is 0 Å². The number of aliphatic hydroxyl groups is 2. The first kappa shape index (κ1) is 13.1. The lowest BCUT2D eigenvalue weighted by Gasteiger charge is -2.20. The van der Waals surface area contributed by atoms with Gasteiger partial charge in [-0.2, -0.15) is 0 Å². The van der Waals surface area contributed by atoms with Gasteiger partial charge in [0, 0.05) is 23.3 Å². The van der Waals surface area contributed by atoms with Crippen molar-refractivity contribution >= 4 is 17.2 Å². The molecule has 0 bridgehead atoms. The van der Waals surface area contributed by atoms with Gasteiger partial charge in [0.15, 0.2) is 0 Å². The van der Waals surface area contributed by atoms with Gasteiger partial charge in [0.25, 0.3) is 5.91 Å². The monoisotopic (exact) mass is 281 g/mol. The van der Waals surface area contributed by atoms with Gasteiger partial charge in [-0.25, -0.2) is 0 Å². The number of fused-ring (bicyclic) bond motifs is 1. The standard InChI is InChI=1S/C14H19NO3S/c1-8-2-3-9-10(7-19-13(9)4-8)14(18)15-5-11(16)12(17)6-15/h7-8,11-12,16-17H,2-6H2,1H3. The van der Waals surface area contributed by atoms with E-state index in [1.54, 1.807) is 16.2 Å². The topological polar surface area (TPSA) is 60.8 Å². The van der Waals surface area contributed by atoms with Crippen molar-refractivity contribution < 1.29 is 15.0 Å². The Morgan fingerprint density at radius 3 is 2.74 bits per heavy atom. The number of hydrogen-bond acceptors (Lipinski definition) is 4. The van der Waals surface area contributed by atoms with Crippen LogP contribution in [0.25, 0.3) is 0 Å². The summed E-state index contributed by atoms with van der Waals surface area (Å²) in [4.78, 5) is 15.4. The Labute approximate surface area is 116 Å². The van der Waals surface area contributed by atoms with Crippen LogP contribution >= 0.6 is 11.3 Å². The summed E-state index contributed by atoms with van der Waals surface area (Å²) in [6.07, 6.45) is 1.56. The highest BCUT2D eigenvalue weighted by Crippen LogP contribution is 2.33. The van der Waals surface area contributed by atoms with Crippen molar-refractivity contribution in [2.45, 2.75) is 38.4 Å². The largest absolute Gasteiger partial charge is 0.388 e. The van der Waals surface area contributed by atoms with Gasteiger partial charge in [0.1, 0.15) is 0 Å². The lowest BCUT2D eigenvalue weighted by Crippen LogP contribution is -2.30. The van der Waals surface area contributed by atoms with Crippen LogP contribution in [-0.4, -0.2) is 46.3 Å². The second-order valence-corrected chi connectivity index (χ2v) is 6.71. The summed E-state index contributed by atoms with van der Waals surface area (Å²) in [7, 11) is 0. The molecule has 2 aliphatic rings. The van der Waals surface area contributed by atoms with Crippen LogP contribution in [0.15, 0.2) is 5.38 Å². The Balaban J connectivity index is 1.82. The first-order valence-corrected chi connectivity index (χ1v) is 7.69. The van der Waals surface area contributed by atoms with Crippen molar-refractivity contribution in [1.29, 1.82) is 0 Å². The molecule has 3 unspecified atom stereocenters. The van der Waals surface area contributed by atoms with Crippen LogP contribution in [0.5, 0.6) is 0 Å². The normalized spacial score (nSPS) is 30.5. The van der Waals surface area contributed by atoms with Crippen LogP contribution in [-0.2, 0) is 12.8 Å². The SMILES string of the molecule is CC1CCc2c(C(=O)N3CC(O)C(O)C3)csc2C1. The smallest absolute Gasteiger partial charge is 0.255 e. The lowest BCUT2D eigenvalue weighted by atomic mass is 9.88. The molecule has 2 heterocycles. The number of nitrogens with zero attached hydrogens (tertiary/aromatic N) is 1. The van der Waals surface area contributed by atoms with Gasteiger partial charge in [-0.3, -0.25) is 4.79 Å². The molecule has 2 N–H and O–H groups in total. The number of β-amino-alcohol motifs (C(OH)–C–C–N with tert-alkyl or cyclic N) is 2. The molecule has 19 heavy (non-hydrogen) atoms. The molecule has 3 rings (SSSR count). The number of amides is 1. The molecular formula is C14H19NO3S. The van der Waals surface area contributed by atoms with Gasteiger partial charge < -0.3 is 15.1 Å². The molecule has 0 radical (unpaired) electrons. The molecule has 3 atom stereocenters. The van der Waals surface area contributed by atoms with Crippen LogP contribution in [0.4, 0.5) is 0 Å². The maximum Gasteiger partial charge on any atom is 0.255 e. The predicted octanol–water partition coefficient (Wildman–Crippen LogP) is 1.05. The number of thiophene rings is 1. The van der Waals surface area contributed by atoms with Crippen molar-refractivity contribution in [2.24, 2.45) is 5.92 Å². The number of rotatable bonds is 1. The van der Waals surface area contributed by atoms with Gasteiger partial charge >= 0.3 is 0 Å². The molecule has 1 fully saturated rings. The molecule has 1 aliphatic heterocycles. The third-order valence-corrected chi connectivity index (χ3v) is 5.23. The van der Waals surface area contributed by atoms with Gasteiger partial charge in [0.05, 0.1) is 17.8 Å². The fourth-order valence-electron chi connectivity index (χ4n) is 2.96. The summed E-state index contributed by atoms with van der Waals surface area (Å²) in [6, 6.07) is 0. The number of likely N-dealkylation sites (tertiary alicyclic amines) is 1. The van der Waals surface area contributed by atoms with E-state index in [4.69, 9.17) is 0 Å². The van der Waals surface area contributed by atoms with Gasteiger partial charge in [0.2, 0.25) is 0 Å². The zero-order valence-electron chi connectivity index (χ0n) is 11.0. The fraction of sp³-hybridized carbons (Fsp3) is 0.643. The first-order chi connectivity index (χ1) is 9.06. The minimum absolute atomic E-state index is 0.0392. The van der Waals surface area contributed by atoms with E-state index in [9.17, 15) is 15.0 Å². The van der Waals surface area contributed by atoms with Crippen molar-refractivity contribution in [2.75, 3.05) is 13.1 Å². The van der Waals surface area contributed by atoms with Crippen molar-refractivity contribution in [3.05, 3.63) is 21.4 Å². The highest BCUT2D eigenvalue weighted by molar-refractivity contribution is 7.10. The van der Waals surface area contributed by atoms with E-state index in [0.717, 1.165) is 24.8 Å². The number of hydrogen-bond donors (Lipinski definition) is 2. The third-order valence-electron chi connectivity index (χ3n) is 4.18. The molecule has 0 aromatic carbocycles. The summed E-state index contributed by atoms with van der Waals surface area (Å²) in [6.45, 7) is 2.72. The molecule has 5 heteroatoms. The van der Waals surface area contributed by atoms with Crippen LogP contribution in [0.3, 0.4) is 0 Å². The minimum atomic E-state index is -0.807. The molecular weight excluding hydrogens is 262 g/mol. The van der Waals surface area contributed by atoms with Crippen LogP contribution in [0, 0.1) is 5.92 Å². The molecule has 1 amide bonds. The molecule has 1 aliphatic carbocycles. The average molecular weight is 281 g/mol. The minimum Gasteiger partial charge on any atom is -0.388 e. The number of carbonyl (C=O) groups excluding carboxylic acids is 1. The molecule has 0 saturated carbocycles. The van der Waals surface area contributed by atoms with Crippen molar-refractivity contribution in [1.82, 2.24) is 4.90 Å². The van der Waals surface area contributed by atoms with Gasteiger partial charge in [-0.1, -0.05) is 6.92 Å². The zero-order valence-corrected chi connectivity index (χ0v) is 11.8. The van der Waals surface area contributed by atoms with Crippen LogP contribution < -0.4 is 0 Å². The molecule has 0 spiro atoms. The van der Waals surface area contributed by atoms with E-state index in [1.165, 1.54) is 10.4 Å². The van der Waals surface area contributed by atoms with E-state index in [1.807, 2.05) is 5.38 Å². The quantitative estimate of drug-likeness (QED) is 0.809. The van der Waals surface area contributed by atoms with Crippen LogP contribution in [0.1, 0.15) is 34.1 Å². The summed E-state index contributed by atoms with van der Waals surface area (Å²) in [5.41, 5.74) is 1.98. The Hall–Kier alpha value is -0.910. The Morgan fingerprint density at radius 1 is 1.37 bits per heavy atom. The predicted molar refractivity (Wildman–Crippen MR) is 73.4 cm³/mol. The van der Waals surface area contributed by atoms with E-state index in [2.05, 4.69) is 6.92 Å². The lowest BCUT2D eigenvalue weighted by molar-refractivity contribution is 0.0572.